The zero-order valence-electron chi connectivity index (χ0n) is 18.2. The van der Waals surface area contributed by atoms with Crippen LogP contribution in [-0.2, 0) is 4.74 Å². The van der Waals surface area contributed by atoms with Crippen LogP contribution in [0.1, 0.15) is 49.7 Å². The standard InChI is InChI=1S/C24H33N5O/c1-17-5-8-25-22(12-17)26-23-13-20(14-24(27-23)29-9-3-4-18(29)2)19-6-10-28(11-7-19)21-15-30-16-21/h5,8,12-14,18-19,21H,3-4,6-7,9-11,15-16H2,1-2H3,(H,25,26,27). The fourth-order valence-electron chi connectivity index (χ4n) is 5.02. The number of hydrogen-bond donors (Lipinski definition) is 1. The Morgan fingerprint density at radius 3 is 2.53 bits per heavy atom. The van der Waals surface area contributed by atoms with Crippen LogP contribution in [0.4, 0.5) is 17.5 Å². The topological polar surface area (TPSA) is 53.5 Å². The van der Waals surface area contributed by atoms with Crippen molar-refractivity contribution in [2.75, 3.05) is 43.1 Å². The SMILES string of the molecule is Cc1ccnc(Nc2cc(C3CCN(C4COC4)CC3)cc(N3CCCC3C)n2)c1. The number of anilines is 3. The summed E-state index contributed by atoms with van der Waals surface area (Å²) in [5, 5.41) is 3.47. The molecular formula is C24H33N5O. The minimum absolute atomic E-state index is 0.554. The highest BCUT2D eigenvalue weighted by molar-refractivity contribution is 5.58. The van der Waals surface area contributed by atoms with E-state index in [2.05, 4.69) is 52.1 Å². The van der Waals surface area contributed by atoms with Crippen LogP contribution in [0, 0.1) is 6.92 Å². The molecule has 5 rings (SSSR count). The van der Waals surface area contributed by atoms with Crippen LogP contribution in [0.5, 0.6) is 0 Å². The van der Waals surface area contributed by atoms with E-state index in [1.54, 1.807) is 0 Å². The van der Waals surface area contributed by atoms with Crippen LogP contribution in [0.2, 0.25) is 0 Å². The molecule has 1 unspecified atom stereocenters. The minimum atomic E-state index is 0.554. The minimum Gasteiger partial charge on any atom is -0.378 e. The predicted octanol–water partition coefficient (Wildman–Crippen LogP) is 4.10. The van der Waals surface area contributed by atoms with Gasteiger partial charge in [-0.05, 0) is 93.9 Å². The molecule has 0 aliphatic carbocycles. The first-order valence-electron chi connectivity index (χ1n) is 11.5. The van der Waals surface area contributed by atoms with Gasteiger partial charge in [0.15, 0.2) is 0 Å². The number of piperidine rings is 1. The highest BCUT2D eigenvalue weighted by Crippen LogP contribution is 2.35. The largest absolute Gasteiger partial charge is 0.378 e. The fraction of sp³-hybridized carbons (Fsp3) is 0.583. The summed E-state index contributed by atoms with van der Waals surface area (Å²) in [6.45, 7) is 9.66. The van der Waals surface area contributed by atoms with Crippen molar-refractivity contribution < 1.29 is 4.74 Å². The Morgan fingerprint density at radius 1 is 1.03 bits per heavy atom. The molecule has 3 aliphatic heterocycles. The number of rotatable bonds is 5. The highest BCUT2D eigenvalue weighted by Gasteiger charge is 2.31. The summed E-state index contributed by atoms with van der Waals surface area (Å²) in [6.07, 6.45) is 6.76. The Bertz CT molecular complexity index is 876. The lowest BCUT2D eigenvalue weighted by Crippen LogP contribution is -2.51. The van der Waals surface area contributed by atoms with Crippen molar-refractivity contribution in [3.63, 3.8) is 0 Å². The Hall–Kier alpha value is -2.18. The van der Waals surface area contributed by atoms with Gasteiger partial charge in [-0.25, -0.2) is 9.97 Å². The maximum atomic E-state index is 5.39. The van der Waals surface area contributed by atoms with Gasteiger partial charge in [0.1, 0.15) is 17.5 Å². The number of pyridine rings is 2. The maximum Gasteiger partial charge on any atom is 0.134 e. The molecule has 1 atom stereocenters. The molecule has 0 saturated carbocycles. The van der Waals surface area contributed by atoms with Crippen molar-refractivity contribution in [3.05, 3.63) is 41.6 Å². The predicted molar refractivity (Wildman–Crippen MR) is 121 cm³/mol. The molecule has 160 valence electrons. The number of nitrogens with zero attached hydrogens (tertiary/aromatic N) is 4. The third-order valence-electron chi connectivity index (χ3n) is 6.99. The third-order valence-corrected chi connectivity index (χ3v) is 6.99. The Morgan fingerprint density at radius 2 is 1.87 bits per heavy atom. The zero-order chi connectivity index (χ0) is 20.5. The molecule has 0 radical (unpaired) electrons. The van der Waals surface area contributed by atoms with Crippen molar-refractivity contribution in [1.82, 2.24) is 14.9 Å². The Balaban J connectivity index is 1.39. The molecule has 3 saturated heterocycles. The van der Waals surface area contributed by atoms with E-state index in [0.717, 1.165) is 37.2 Å². The highest BCUT2D eigenvalue weighted by atomic mass is 16.5. The van der Waals surface area contributed by atoms with Crippen molar-refractivity contribution in [2.24, 2.45) is 0 Å². The molecule has 6 heteroatoms. The molecule has 3 fully saturated rings. The molecule has 3 aliphatic rings. The fourth-order valence-corrected chi connectivity index (χ4v) is 5.02. The summed E-state index contributed by atoms with van der Waals surface area (Å²) < 4.78 is 5.39. The van der Waals surface area contributed by atoms with Crippen molar-refractivity contribution in [1.29, 1.82) is 0 Å². The summed E-state index contributed by atoms with van der Waals surface area (Å²) >= 11 is 0. The molecule has 0 spiro atoms. The van der Waals surface area contributed by atoms with E-state index in [1.807, 2.05) is 12.3 Å². The molecular weight excluding hydrogens is 374 g/mol. The van der Waals surface area contributed by atoms with Crippen LogP contribution in [0.3, 0.4) is 0 Å². The molecule has 2 aromatic heterocycles. The number of likely N-dealkylation sites (tertiary alicyclic amines) is 1. The molecule has 30 heavy (non-hydrogen) atoms. The number of ether oxygens (including phenoxy) is 1. The monoisotopic (exact) mass is 407 g/mol. The lowest BCUT2D eigenvalue weighted by atomic mass is 9.89. The van der Waals surface area contributed by atoms with E-state index in [4.69, 9.17) is 9.72 Å². The van der Waals surface area contributed by atoms with E-state index in [9.17, 15) is 0 Å². The molecule has 1 N–H and O–H groups in total. The van der Waals surface area contributed by atoms with Crippen molar-refractivity contribution >= 4 is 17.5 Å². The average molecular weight is 408 g/mol. The van der Waals surface area contributed by atoms with Gasteiger partial charge in [-0.2, -0.15) is 0 Å². The molecule has 6 nitrogen and oxygen atoms in total. The average Bonchev–Trinajstić information content (AvgIpc) is 3.13. The Kier molecular flexibility index (Phi) is 5.61. The summed E-state index contributed by atoms with van der Waals surface area (Å²) in [5.41, 5.74) is 2.61. The van der Waals surface area contributed by atoms with Crippen LogP contribution in [-0.4, -0.2) is 59.8 Å². The molecule has 0 amide bonds. The summed E-state index contributed by atoms with van der Waals surface area (Å²) in [6, 6.07) is 9.90. The van der Waals surface area contributed by atoms with E-state index >= 15 is 0 Å². The van der Waals surface area contributed by atoms with E-state index < -0.39 is 0 Å². The van der Waals surface area contributed by atoms with Gasteiger partial charge in [0, 0.05) is 18.8 Å². The lowest BCUT2D eigenvalue weighted by molar-refractivity contribution is -0.0712. The van der Waals surface area contributed by atoms with E-state index in [0.29, 0.717) is 18.0 Å². The van der Waals surface area contributed by atoms with Gasteiger partial charge in [-0.3, -0.25) is 4.90 Å². The number of nitrogens with one attached hydrogen (secondary N) is 1. The lowest BCUT2D eigenvalue weighted by Gasteiger charge is -2.41. The van der Waals surface area contributed by atoms with E-state index in [1.165, 1.54) is 49.9 Å². The normalized spacial score (nSPS) is 23.5. The van der Waals surface area contributed by atoms with E-state index in [-0.39, 0.29) is 0 Å². The van der Waals surface area contributed by atoms with Gasteiger partial charge in [0.25, 0.3) is 0 Å². The first-order chi connectivity index (χ1) is 14.7. The quantitative estimate of drug-likeness (QED) is 0.806. The van der Waals surface area contributed by atoms with Crippen molar-refractivity contribution in [2.45, 2.75) is 57.5 Å². The van der Waals surface area contributed by atoms with Crippen LogP contribution < -0.4 is 10.2 Å². The number of aromatic nitrogens is 2. The smallest absolute Gasteiger partial charge is 0.134 e. The first kappa shape index (κ1) is 19.8. The van der Waals surface area contributed by atoms with Crippen LogP contribution in [0.25, 0.3) is 0 Å². The van der Waals surface area contributed by atoms with Gasteiger partial charge in [0.2, 0.25) is 0 Å². The summed E-state index contributed by atoms with van der Waals surface area (Å²) in [7, 11) is 0. The molecule has 2 aromatic rings. The van der Waals surface area contributed by atoms with Gasteiger partial charge in [0.05, 0.1) is 19.3 Å². The van der Waals surface area contributed by atoms with Crippen LogP contribution in [0.15, 0.2) is 30.5 Å². The first-order valence-corrected chi connectivity index (χ1v) is 11.5. The summed E-state index contributed by atoms with van der Waals surface area (Å²) in [5.74, 6) is 3.48. The van der Waals surface area contributed by atoms with Gasteiger partial charge < -0.3 is 15.0 Å². The molecule has 0 bridgehead atoms. The van der Waals surface area contributed by atoms with Gasteiger partial charge >= 0.3 is 0 Å². The van der Waals surface area contributed by atoms with Gasteiger partial charge in [-0.1, -0.05) is 0 Å². The number of hydrogen-bond acceptors (Lipinski definition) is 6. The summed E-state index contributed by atoms with van der Waals surface area (Å²) in [4.78, 5) is 14.6. The second-order valence-electron chi connectivity index (χ2n) is 9.17. The van der Waals surface area contributed by atoms with Crippen molar-refractivity contribution in [3.8, 4) is 0 Å². The second-order valence-corrected chi connectivity index (χ2v) is 9.17. The molecule has 5 heterocycles. The maximum absolute atomic E-state index is 5.39. The zero-order valence-corrected chi connectivity index (χ0v) is 18.2. The Labute approximate surface area is 179 Å². The number of aryl methyl sites for hydroxylation is 1. The third kappa shape index (κ3) is 4.16. The molecule has 0 aromatic carbocycles. The second kappa shape index (κ2) is 8.52. The van der Waals surface area contributed by atoms with Gasteiger partial charge in [-0.15, -0.1) is 0 Å². The van der Waals surface area contributed by atoms with Crippen LogP contribution >= 0.6 is 0 Å².